The number of ether oxygens (including phenoxy) is 1. The maximum atomic E-state index is 11.9. The molecule has 0 fully saturated rings. The van der Waals surface area contributed by atoms with Gasteiger partial charge in [0.25, 0.3) is 0 Å². The van der Waals surface area contributed by atoms with Crippen molar-refractivity contribution < 1.29 is 9.53 Å². The molecule has 0 radical (unpaired) electrons. The van der Waals surface area contributed by atoms with Gasteiger partial charge in [-0.1, -0.05) is 51.2 Å². The highest BCUT2D eigenvalue weighted by Gasteiger charge is 2.07. The van der Waals surface area contributed by atoms with E-state index in [4.69, 9.17) is 4.74 Å². The lowest BCUT2D eigenvalue weighted by atomic mass is 10.1. The SMILES string of the molecule is CCCCC(C)NC(=O)CCCCCn1cc(CCCCCOC(C)CCC)nn1. The zero-order valence-corrected chi connectivity index (χ0v) is 20.0. The zero-order chi connectivity index (χ0) is 22.0. The number of aryl methyl sites for hydroxylation is 2. The molecule has 0 aliphatic rings. The molecular formula is C24H46N4O2. The molecule has 1 aromatic heterocycles. The van der Waals surface area contributed by atoms with Crippen LogP contribution >= 0.6 is 0 Å². The van der Waals surface area contributed by atoms with E-state index in [0.717, 1.165) is 70.2 Å². The first-order valence-electron chi connectivity index (χ1n) is 12.3. The van der Waals surface area contributed by atoms with Crippen molar-refractivity contribution in [2.24, 2.45) is 0 Å². The molecule has 0 bridgehead atoms. The highest BCUT2D eigenvalue weighted by molar-refractivity contribution is 5.76. The van der Waals surface area contributed by atoms with Crippen molar-refractivity contribution in [1.82, 2.24) is 20.3 Å². The van der Waals surface area contributed by atoms with Crippen LogP contribution in [0.2, 0.25) is 0 Å². The van der Waals surface area contributed by atoms with E-state index in [9.17, 15) is 4.79 Å². The molecule has 0 spiro atoms. The first kappa shape index (κ1) is 26.6. The smallest absolute Gasteiger partial charge is 0.220 e. The second-order valence-electron chi connectivity index (χ2n) is 8.68. The monoisotopic (exact) mass is 422 g/mol. The van der Waals surface area contributed by atoms with Crippen LogP contribution in [0, 0.1) is 0 Å². The van der Waals surface area contributed by atoms with Gasteiger partial charge in [-0.05, 0) is 58.8 Å². The minimum Gasteiger partial charge on any atom is -0.379 e. The van der Waals surface area contributed by atoms with Crippen LogP contribution in [-0.4, -0.2) is 39.7 Å². The van der Waals surface area contributed by atoms with E-state index >= 15 is 0 Å². The van der Waals surface area contributed by atoms with Crippen LogP contribution in [0.1, 0.15) is 110 Å². The molecule has 0 saturated carbocycles. The van der Waals surface area contributed by atoms with Gasteiger partial charge in [0.15, 0.2) is 0 Å². The fourth-order valence-electron chi connectivity index (χ4n) is 3.59. The summed E-state index contributed by atoms with van der Waals surface area (Å²) in [5.41, 5.74) is 1.08. The second-order valence-corrected chi connectivity index (χ2v) is 8.68. The predicted molar refractivity (Wildman–Crippen MR) is 123 cm³/mol. The third kappa shape index (κ3) is 13.7. The van der Waals surface area contributed by atoms with Gasteiger partial charge in [-0.2, -0.15) is 0 Å². The number of aromatic nitrogens is 3. The molecule has 174 valence electrons. The number of hydrogen-bond acceptors (Lipinski definition) is 4. The summed E-state index contributed by atoms with van der Waals surface area (Å²) in [7, 11) is 0. The molecule has 0 saturated heterocycles. The molecule has 1 N–H and O–H groups in total. The number of nitrogens with zero attached hydrogens (tertiary/aromatic N) is 3. The molecule has 1 amide bonds. The van der Waals surface area contributed by atoms with Crippen molar-refractivity contribution in [1.29, 1.82) is 0 Å². The molecule has 0 aromatic carbocycles. The highest BCUT2D eigenvalue weighted by atomic mass is 16.5. The molecule has 0 aliphatic heterocycles. The summed E-state index contributed by atoms with van der Waals surface area (Å²) >= 11 is 0. The van der Waals surface area contributed by atoms with Gasteiger partial charge in [-0.15, -0.1) is 5.10 Å². The lowest BCUT2D eigenvalue weighted by molar-refractivity contribution is -0.121. The maximum Gasteiger partial charge on any atom is 0.220 e. The Kier molecular flexibility index (Phi) is 15.3. The predicted octanol–water partition coefficient (Wildman–Crippen LogP) is 5.45. The number of rotatable bonds is 19. The van der Waals surface area contributed by atoms with E-state index < -0.39 is 0 Å². The Balaban J connectivity index is 2.03. The molecule has 2 atom stereocenters. The van der Waals surface area contributed by atoms with Crippen molar-refractivity contribution in [2.75, 3.05) is 6.61 Å². The normalized spacial score (nSPS) is 13.3. The van der Waals surface area contributed by atoms with E-state index in [1.54, 1.807) is 0 Å². The van der Waals surface area contributed by atoms with Crippen LogP contribution in [0.25, 0.3) is 0 Å². The molecule has 6 heteroatoms. The summed E-state index contributed by atoms with van der Waals surface area (Å²) in [5, 5.41) is 11.6. The Hall–Kier alpha value is -1.43. The third-order valence-corrected chi connectivity index (χ3v) is 5.45. The fourth-order valence-corrected chi connectivity index (χ4v) is 3.59. The molecule has 30 heavy (non-hydrogen) atoms. The Labute approximate surface area is 184 Å². The van der Waals surface area contributed by atoms with Crippen molar-refractivity contribution in [3.8, 4) is 0 Å². The quantitative estimate of drug-likeness (QED) is 0.301. The number of hydrogen-bond donors (Lipinski definition) is 1. The maximum absolute atomic E-state index is 11.9. The molecule has 1 aromatic rings. The lowest BCUT2D eigenvalue weighted by Crippen LogP contribution is -2.32. The van der Waals surface area contributed by atoms with Crippen LogP contribution in [-0.2, 0) is 22.5 Å². The molecule has 0 aliphatic carbocycles. The largest absolute Gasteiger partial charge is 0.379 e. The van der Waals surface area contributed by atoms with Crippen LogP contribution in [0.15, 0.2) is 6.20 Å². The van der Waals surface area contributed by atoms with Gasteiger partial charge < -0.3 is 10.1 Å². The average Bonchev–Trinajstić information content (AvgIpc) is 3.16. The zero-order valence-electron chi connectivity index (χ0n) is 20.0. The lowest BCUT2D eigenvalue weighted by Gasteiger charge is -2.13. The second kappa shape index (κ2) is 17.3. The highest BCUT2D eigenvalue weighted by Crippen LogP contribution is 2.08. The van der Waals surface area contributed by atoms with Crippen molar-refractivity contribution in [2.45, 2.75) is 130 Å². The van der Waals surface area contributed by atoms with Gasteiger partial charge in [-0.25, -0.2) is 0 Å². The fraction of sp³-hybridized carbons (Fsp3) is 0.875. The minimum absolute atomic E-state index is 0.187. The van der Waals surface area contributed by atoms with Crippen molar-refractivity contribution in [3.05, 3.63) is 11.9 Å². The van der Waals surface area contributed by atoms with Crippen LogP contribution in [0.4, 0.5) is 0 Å². The Bertz CT molecular complexity index is 547. The minimum atomic E-state index is 0.187. The van der Waals surface area contributed by atoms with Crippen molar-refractivity contribution >= 4 is 5.91 Å². The van der Waals surface area contributed by atoms with Gasteiger partial charge in [0.2, 0.25) is 5.91 Å². The standard InChI is InChI=1S/C24H46N4O2/c1-5-7-15-21(3)25-24(29)17-11-8-12-18-28-20-23(26-27-28)16-10-9-13-19-30-22(4)14-6-2/h20-22H,5-19H2,1-4H3,(H,25,29). The first-order chi connectivity index (χ1) is 14.5. The number of carbonyl (C=O) groups is 1. The van der Waals surface area contributed by atoms with Gasteiger partial charge in [-0.3, -0.25) is 9.48 Å². The molecule has 2 unspecified atom stereocenters. The number of nitrogens with one attached hydrogen (secondary N) is 1. The summed E-state index contributed by atoms with van der Waals surface area (Å²) < 4.78 is 7.74. The van der Waals surface area contributed by atoms with E-state index in [-0.39, 0.29) is 5.91 Å². The summed E-state index contributed by atoms with van der Waals surface area (Å²) in [6, 6.07) is 0.295. The number of amides is 1. The average molecular weight is 423 g/mol. The van der Waals surface area contributed by atoms with E-state index in [2.05, 4.69) is 49.5 Å². The van der Waals surface area contributed by atoms with E-state index in [1.165, 1.54) is 25.7 Å². The van der Waals surface area contributed by atoms with Gasteiger partial charge in [0.05, 0.1) is 11.8 Å². The first-order valence-corrected chi connectivity index (χ1v) is 12.3. The summed E-state index contributed by atoms with van der Waals surface area (Å²) in [6.45, 7) is 10.4. The third-order valence-electron chi connectivity index (χ3n) is 5.45. The van der Waals surface area contributed by atoms with Crippen molar-refractivity contribution in [3.63, 3.8) is 0 Å². The topological polar surface area (TPSA) is 69.0 Å². The van der Waals surface area contributed by atoms with Gasteiger partial charge in [0.1, 0.15) is 0 Å². The number of carbonyl (C=O) groups excluding carboxylic acids is 1. The number of unbranched alkanes of at least 4 members (excludes halogenated alkanes) is 5. The molecule has 6 nitrogen and oxygen atoms in total. The summed E-state index contributed by atoms with van der Waals surface area (Å²) in [6.07, 6.45) is 16.3. The molecular weight excluding hydrogens is 376 g/mol. The van der Waals surface area contributed by atoms with E-state index in [0.29, 0.717) is 18.6 Å². The molecule has 1 heterocycles. The summed E-state index contributed by atoms with van der Waals surface area (Å²) in [4.78, 5) is 11.9. The Morgan fingerprint density at radius 2 is 1.83 bits per heavy atom. The van der Waals surface area contributed by atoms with Crippen LogP contribution < -0.4 is 5.32 Å². The Morgan fingerprint density at radius 3 is 2.60 bits per heavy atom. The van der Waals surface area contributed by atoms with Crippen LogP contribution in [0.5, 0.6) is 0 Å². The summed E-state index contributed by atoms with van der Waals surface area (Å²) in [5.74, 6) is 0.187. The molecule has 1 rings (SSSR count). The van der Waals surface area contributed by atoms with Gasteiger partial charge >= 0.3 is 0 Å². The van der Waals surface area contributed by atoms with E-state index in [1.807, 2.05) is 4.68 Å². The van der Waals surface area contributed by atoms with Crippen LogP contribution in [0.3, 0.4) is 0 Å². The Morgan fingerprint density at radius 1 is 1.03 bits per heavy atom. The van der Waals surface area contributed by atoms with Gasteiger partial charge in [0, 0.05) is 31.8 Å².